The lowest BCUT2D eigenvalue weighted by Gasteiger charge is -2.18. The summed E-state index contributed by atoms with van der Waals surface area (Å²) in [7, 11) is 0. The summed E-state index contributed by atoms with van der Waals surface area (Å²) in [6.07, 6.45) is 2.12. The van der Waals surface area contributed by atoms with Crippen LogP contribution in [0.5, 0.6) is 0 Å². The van der Waals surface area contributed by atoms with E-state index in [0.29, 0.717) is 11.8 Å². The van der Waals surface area contributed by atoms with Gasteiger partial charge in [0.15, 0.2) is 0 Å². The van der Waals surface area contributed by atoms with Gasteiger partial charge in [-0.3, -0.25) is 0 Å². The van der Waals surface area contributed by atoms with E-state index in [4.69, 9.17) is 11.6 Å². The highest BCUT2D eigenvalue weighted by Gasteiger charge is 2.13. The quantitative estimate of drug-likeness (QED) is 0.634. The summed E-state index contributed by atoms with van der Waals surface area (Å²) in [6, 6.07) is 13.4. The van der Waals surface area contributed by atoms with E-state index >= 15 is 0 Å². The number of alkyl halides is 1. The van der Waals surface area contributed by atoms with Gasteiger partial charge in [0.05, 0.1) is 0 Å². The molecule has 2 aromatic carbocycles. The van der Waals surface area contributed by atoms with Crippen LogP contribution in [0.15, 0.2) is 36.4 Å². The predicted octanol–water partition coefficient (Wildman–Crippen LogP) is 5.56. The van der Waals surface area contributed by atoms with Crippen LogP contribution >= 0.6 is 11.6 Å². The van der Waals surface area contributed by atoms with Crippen molar-refractivity contribution in [2.45, 2.75) is 40.5 Å². The van der Waals surface area contributed by atoms with E-state index < -0.39 is 0 Å². The van der Waals surface area contributed by atoms with Crippen molar-refractivity contribution in [2.24, 2.45) is 5.92 Å². The van der Waals surface area contributed by atoms with Gasteiger partial charge in [-0.15, -0.1) is 11.6 Å². The molecule has 1 atom stereocenters. The van der Waals surface area contributed by atoms with Gasteiger partial charge in [-0.1, -0.05) is 47.5 Å². The molecule has 0 N–H and O–H groups in total. The van der Waals surface area contributed by atoms with Crippen molar-refractivity contribution < 1.29 is 0 Å². The Hall–Kier alpha value is -1.27. The lowest BCUT2D eigenvalue weighted by Crippen LogP contribution is -2.12. The Morgan fingerprint density at radius 3 is 1.90 bits per heavy atom. The first-order chi connectivity index (χ1) is 9.99. The van der Waals surface area contributed by atoms with E-state index in [1.165, 1.54) is 33.4 Å². The van der Waals surface area contributed by atoms with Crippen LogP contribution < -0.4 is 0 Å². The molecule has 0 nitrogen and oxygen atoms in total. The summed E-state index contributed by atoms with van der Waals surface area (Å²) in [5, 5.41) is 0. The molecule has 0 heterocycles. The van der Waals surface area contributed by atoms with Crippen molar-refractivity contribution in [3.05, 3.63) is 69.8 Å². The zero-order valence-corrected chi connectivity index (χ0v) is 14.3. The molecule has 0 spiro atoms. The highest BCUT2D eigenvalue weighted by molar-refractivity contribution is 6.18. The molecular formula is C20H25Cl. The molecule has 2 aromatic rings. The van der Waals surface area contributed by atoms with Gasteiger partial charge in [-0.25, -0.2) is 0 Å². The Labute approximate surface area is 134 Å². The summed E-state index contributed by atoms with van der Waals surface area (Å²) >= 11 is 6.23. The number of hydrogen-bond donors (Lipinski definition) is 0. The van der Waals surface area contributed by atoms with Gasteiger partial charge in [0, 0.05) is 5.88 Å². The molecule has 0 aliphatic carbocycles. The normalized spacial score (nSPS) is 12.4. The Morgan fingerprint density at radius 1 is 0.810 bits per heavy atom. The molecule has 1 heteroatoms. The maximum absolute atomic E-state index is 6.23. The van der Waals surface area contributed by atoms with Crippen molar-refractivity contribution in [1.82, 2.24) is 0 Å². The van der Waals surface area contributed by atoms with Crippen molar-refractivity contribution in [2.75, 3.05) is 5.88 Å². The largest absolute Gasteiger partial charge is 0.126 e. The van der Waals surface area contributed by atoms with Gasteiger partial charge >= 0.3 is 0 Å². The lowest BCUT2D eigenvalue weighted by atomic mass is 9.89. The lowest BCUT2D eigenvalue weighted by molar-refractivity contribution is 0.580. The summed E-state index contributed by atoms with van der Waals surface area (Å²) in [6.45, 7) is 8.72. The molecule has 0 radical (unpaired) electrons. The number of benzene rings is 2. The molecule has 21 heavy (non-hydrogen) atoms. The number of hydrogen-bond acceptors (Lipinski definition) is 0. The molecule has 0 aliphatic rings. The monoisotopic (exact) mass is 300 g/mol. The van der Waals surface area contributed by atoms with Gasteiger partial charge in [0.1, 0.15) is 0 Å². The third-order valence-electron chi connectivity index (χ3n) is 4.20. The minimum atomic E-state index is 0.495. The predicted molar refractivity (Wildman–Crippen MR) is 93.5 cm³/mol. The minimum absolute atomic E-state index is 0.495. The Kier molecular flexibility index (Phi) is 5.47. The standard InChI is InChI=1S/C20H25Cl/c1-14-5-7-18(8-6-14)11-19(13-21)12-20-16(3)9-15(2)10-17(20)4/h5-10,19H,11-13H2,1-4H3. The zero-order chi connectivity index (χ0) is 15.4. The summed E-state index contributed by atoms with van der Waals surface area (Å²) in [5.74, 6) is 1.20. The second-order valence-electron chi connectivity index (χ2n) is 6.29. The molecule has 0 aromatic heterocycles. The molecule has 1 unspecified atom stereocenters. The molecule has 112 valence electrons. The summed E-state index contributed by atoms with van der Waals surface area (Å²) in [4.78, 5) is 0. The van der Waals surface area contributed by atoms with Crippen LogP contribution in [0.1, 0.15) is 33.4 Å². The average molecular weight is 301 g/mol. The van der Waals surface area contributed by atoms with Crippen molar-refractivity contribution >= 4 is 11.6 Å². The third-order valence-corrected chi connectivity index (χ3v) is 4.63. The van der Waals surface area contributed by atoms with Crippen LogP contribution in [0.3, 0.4) is 0 Å². The van der Waals surface area contributed by atoms with Gasteiger partial charge in [-0.2, -0.15) is 0 Å². The van der Waals surface area contributed by atoms with Gasteiger partial charge < -0.3 is 0 Å². The van der Waals surface area contributed by atoms with Crippen molar-refractivity contribution in [1.29, 1.82) is 0 Å². The first-order valence-electron chi connectivity index (χ1n) is 7.68. The molecular weight excluding hydrogens is 276 g/mol. The number of rotatable bonds is 5. The smallest absolute Gasteiger partial charge is 0.0258 e. The van der Waals surface area contributed by atoms with Crippen molar-refractivity contribution in [3.8, 4) is 0 Å². The summed E-state index contributed by atoms with van der Waals surface area (Å²) < 4.78 is 0. The van der Waals surface area contributed by atoms with Crippen LogP contribution in [-0.2, 0) is 12.8 Å². The van der Waals surface area contributed by atoms with E-state index in [-0.39, 0.29) is 0 Å². The minimum Gasteiger partial charge on any atom is -0.126 e. The second kappa shape index (κ2) is 7.13. The van der Waals surface area contributed by atoms with Gasteiger partial charge in [-0.05, 0) is 68.7 Å². The van der Waals surface area contributed by atoms with Crippen LogP contribution in [-0.4, -0.2) is 5.88 Å². The van der Waals surface area contributed by atoms with Crippen LogP contribution in [0.2, 0.25) is 0 Å². The van der Waals surface area contributed by atoms with E-state index in [0.717, 1.165) is 12.8 Å². The Bertz CT molecular complexity index is 573. The van der Waals surface area contributed by atoms with E-state index in [9.17, 15) is 0 Å². The fraction of sp³-hybridized carbons (Fsp3) is 0.400. The molecule has 2 rings (SSSR count). The third kappa shape index (κ3) is 4.35. The zero-order valence-electron chi connectivity index (χ0n) is 13.5. The van der Waals surface area contributed by atoms with Gasteiger partial charge in [0.25, 0.3) is 0 Å². The Morgan fingerprint density at radius 2 is 1.38 bits per heavy atom. The maximum atomic E-state index is 6.23. The van der Waals surface area contributed by atoms with E-state index in [1.807, 2.05) is 0 Å². The first-order valence-corrected chi connectivity index (χ1v) is 8.21. The SMILES string of the molecule is Cc1ccc(CC(CCl)Cc2c(C)cc(C)cc2C)cc1. The fourth-order valence-electron chi connectivity index (χ4n) is 3.06. The average Bonchev–Trinajstić information content (AvgIpc) is 2.43. The number of aryl methyl sites for hydroxylation is 4. The van der Waals surface area contributed by atoms with E-state index in [2.05, 4.69) is 64.1 Å². The first kappa shape index (κ1) is 16.1. The van der Waals surface area contributed by atoms with Crippen molar-refractivity contribution in [3.63, 3.8) is 0 Å². The highest BCUT2D eigenvalue weighted by atomic mass is 35.5. The maximum Gasteiger partial charge on any atom is 0.0258 e. The molecule has 0 saturated heterocycles. The topological polar surface area (TPSA) is 0 Å². The molecule has 0 amide bonds. The van der Waals surface area contributed by atoms with Crippen LogP contribution in [0.4, 0.5) is 0 Å². The van der Waals surface area contributed by atoms with Crippen LogP contribution in [0.25, 0.3) is 0 Å². The van der Waals surface area contributed by atoms with E-state index in [1.54, 1.807) is 0 Å². The molecule has 0 fully saturated rings. The fourth-order valence-corrected chi connectivity index (χ4v) is 3.28. The second-order valence-corrected chi connectivity index (χ2v) is 6.60. The molecule has 0 aliphatic heterocycles. The molecule has 0 bridgehead atoms. The van der Waals surface area contributed by atoms with Crippen LogP contribution in [0, 0.1) is 33.6 Å². The number of halogens is 1. The van der Waals surface area contributed by atoms with Gasteiger partial charge in [0.2, 0.25) is 0 Å². The highest BCUT2D eigenvalue weighted by Crippen LogP contribution is 2.23. The molecule has 0 saturated carbocycles. The Balaban J connectivity index is 2.14. The summed E-state index contributed by atoms with van der Waals surface area (Å²) in [5.41, 5.74) is 8.30.